The highest BCUT2D eigenvalue weighted by Crippen LogP contribution is 2.28. The number of hydrogen-bond donors (Lipinski definition) is 2. The van der Waals surface area contributed by atoms with E-state index in [1.165, 1.54) is 12.1 Å². The molecule has 2 N–H and O–H groups in total. The second-order valence-corrected chi connectivity index (χ2v) is 7.43. The summed E-state index contributed by atoms with van der Waals surface area (Å²) in [7, 11) is 1.88. The third-order valence-corrected chi connectivity index (χ3v) is 5.03. The zero-order valence-electron chi connectivity index (χ0n) is 15.3. The summed E-state index contributed by atoms with van der Waals surface area (Å²) < 4.78 is 14.9. The first-order valence-electron chi connectivity index (χ1n) is 8.60. The lowest BCUT2D eigenvalue weighted by Gasteiger charge is -2.27. The monoisotopic (exact) mass is 380 g/mol. The number of aromatic nitrogens is 2. The molecule has 142 valence electrons. The zero-order chi connectivity index (χ0) is 18.0. The molecule has 3 rings (SSSR count). The van der Waals surface area contributed by atoms with Crippen LogP contribution in [0.4, 0.5) is 4.39 Å². The van der Waals surface area contributed by atoms with Crippen LogP contribution < -0.4 is 10.6 Å². The van der Waals surface area contributed by atoms with Crippen molar-refractivity contribution in [1.82, 2.24) is 20.4 Å². The first-order valence-corrected chi connectivity index (χ1v) is 8.60. The number of benzene rings is 1. The zero-order valence-corrected chi connectivity index (χ0v) is 16.1. The molecule has 1 aromatic carbocycles. The van der Waals surface area contributed by atoms with E-state index in [0.717, 1.165) is 17.7 Å². The second kappa shape index (κ2) is 8.18. The van der Waals surface area contributed by atoms with E-state index in [-0.39, 0.29) is 41.4 Å². The molecular formula is C19H26ClFN4O. The largest absolute Gasteiger partial charge is 0.355 e. The van der Waals surface area contributed by atoms with Gasteiger partial charge in [0.05, 0.1) is 12.1 Å². The third kappa shape index (κ3) is 4.43. The van der Waals surface area contributed by atoms with Crippen LogP contribution in [-0.2, 0) is 17.3 Å². The van der Waals surface area contributed by atoms with Gasteiger partial charge in [-0.1, -0.05) is 26.0 Å². The highest BCUT2D eigenvalue weighted by atomic mass is 35.5. The molecule has 0 radical (unpaired) electrons. The van der Waals surface area contributed by atoms with Gasteiger partial charge in [0.15, 0.2) is 0 Å². The Bertz CT molecular complexity index is 744. The maximum Gasteiger partial charge on any atom is 0.225 e. The van der Waals surface area contributed by atoms with Crippen molar-refractivity contribution in [1.29, 1.82) is 0 Å². The molecule has 0 spiro atoms. The lowest BCUT2D eigenvalue weighted by Crippen LogP contribution is -2.41. The maximum absolute atomic E-state index is 13.1. The van der Waals surface area contributed by atoms with Crippen LogP contribution in [0.25, 0.3) is 0 Å². The van der Waals surface area contributed by atoms with Crippen LogP contribution in [0.5, 0.6) is 0 Å². The molecule has 0 aliphatic carbocycles. The molecule has 1 aliphatic rings. The average molecular weight is 381 g/mol. The van der Waals surface area contributed by atoms with Crippen LogP contribution >= 0.6 is 12.4 Å². The van der Waals surface area contributed by atoms with Crippen LogP contribution in [0.3, 0.4) is 0 Å². The fourth-order valence-electron chi connectivity index (χ4n) is 3.38. The normalized spacial score (nSPS) is 19.8. The predicted octanol–water partition coefficient (Wildman–Crippen LogP) is 2.38. The molecule has 2 heterocycles. The van der Waals surface area contributed by atoms with Crippen LogP contribution in [0, 0.1) is 11.7 Å². The quantitative estimate of drug-likeness (QED) is 0.837. The number of hydrogen-bond acceptors (Lipinski definition) is 3. The Morgan fingerprint density at radius 1 is 1.35 bits per heavy atom. The number of nitrogens with zero attached hydrogens (tertiary/aromatic N) is 2. The second-order valence-electron chi connectivity index (χ2n) is 7.43. The Balaban J connectivity index is 0.00000243. The van der Waals surface area contributed by atoms with E-state index in [4.69, 9.17) is 0 Å². The summed E-state index contributed by atoms with van der Waals surface area (Å²) in [5.74, 6) is -0.162. The summed E-state index contributed by atoms with van der Waals surface area (Å²) in [5, 5.41) is 10.6. The summed E-state index contributed by atoms with van der Waals surface area (Å²) in [6.45, 7) is 6.05. The van der Waals surface area contributed by atoms with Crippen molar-refractivity contribution in [3.8, 4) is 0 Å². The van der Waals surface area contributed by atoms with Gasteiger partial charge in [-0.05, 0) is 23.3 Å². The Morgan fingerprint density at radius 3 is 2.65 bits per heavy atom. The lowest BCUT2D eigenvalue weighted by molar-refractivity contribution is -0.125. The number of carbonyl (C=O) groups is 1. The third-order valence-electron chi connectivity index (χ3n) is 5.03. The number of nitrogens with one attached hydrogen (secondary N) is 2. The summed E-state index contributed by atoms with van der Waals surface area (Å²) >= 11 is 0. The van der Waals surface area contributed by atoms with Crippen molar-refractivity contribution < 1.29 is 9.18 Å². The van der Waals surface area contributed by atoms with Crippen LogP contribution in [0.2, 0.25) is 0 Å². The van der Waals surface area contributed by atoms with Crippen molar-refractivity contribution in [2.24, 2.45) is 13.0 Å². The summed E-state index contributed by atoms with van der Waals surface area (Å²) in [6, 6.07) is 6.46. The number of amides is 1. The Morgan fingerprint density at radius 2 is 2.04 bits per heavy atom. The van der Waals surface area contributed by atoms with Gasteiger partial charge in [0.1, 0.15) is 5.82 Å². The SMILES string of the molecule is Cl.Cn1cc([C@H]2CNC[C@@H]2C(=O)NCC(C)(C)c2ccc(F)cc2)cn1. The number of aryl methyl sites for hydroxylation is 1. The van der Waals surface area contributed by atoms with Gasteiger partial charge in [-0.3, -0.25) is 9.48 Å². The molecule has 26 heavy (non-hydrogen) atoms. The van der Waals surface area contributed by atoms with Crippen molar-refractivity contribution in [3.05, 3.63) is 53.6 Å². The molecule has 1 aromatic heterocycles. The first-order chi connectivity index (χ1) is 11.9. The van der Waals surface area contributed by atoms with Crippen LogP contribution in [0.15, 0.2) is 36.7 Å². The molecule has 5 nitrogen and oxygen atoms in total. The van der Waals surface area contributed by atoms with Crippen molar-refractivity contribution in [3.63, 3.8) is 0 Å². The van der Waals surface area contributed by atoms with Gasteiger partial charge in [0.25, 0.3) is 0 Å². The Kier molecular flexibility index (Phi) is 6.42. The maximum atomic E-state index is 13.1. The van der Waals surface area contributed by atoms with Gasteiger partial charge in [-0.2, -0.15) is 5.10 Å². The minimum Gasteiger partial charge on any atom is -0.355 e. The molecule has 0 saturated carbocycles. The Labute approximate surface area is 159 Å². The van der Waals surface area contributed by atoms with Gasteiger partial charge >= 0.3 is 0 Å². The standard InChI is InChI=1S/C19H25FN4O.ClH/c1-19(2,14-4-6-15(20)7-5-14)12-22-18(25)17-10-21-9-16(17)13-8-23-24(3)11-13;/h4-8,11,16-17,21H,9-10,12H2,1-3H3,(H,22,25);1H/t16-,17+;/m1./s1. The smallest absolute Gasteiger partial charge is 0.225 e. The molecule has 1 fully saturated rings. The van der Waals surface area contributed by atoms with Crippen LogP contribution in [0.1, 0.15) is 30.9 Å². The minimum atomic E-state index is -0.265. The van der Waals surface area contributed by atoms with E-state index in [9.17, 15) is 9.18 Å². The van der Waals surface area contributed by atoms with Gasteiger partial charge in [0, 0.05) is 44.2 Å². The van der Waals surface area contributed by atoms with E-state index in [1.807, 2.05) is 33.3 Å². The van der Waals surface area contributed by atoms with E-state index in [2.05, 4.69) is 15.7 Å². The van der Waals surface area contributed by atoms with E-state index < -0.39 is 0 Å². The number of halogens is 2. The van der Waals surface area contributed by atoms with E-state index >= 15 is 0 Å². The average Bonchev–Trinajstić information content (AvgIpc) is 3.21. The highest BCUT2D eigenvalue weighted by Gasteiger charge is 2.35. The molecule has 7 heteroatoms. The number of carbonyl (C=O) groups excluding carboxylic acids is 1. The molecule has 1 aliphatic heterocycles. The van der Waals surface area contributed by atoms with Crippen molar-refractivity contribution in [2.45, 2.75) is 25.2 Å². The topological polar surface area (TPSA) is 59.0 Å². The van der Waals surface area contributed by atoms with E-state index in [1.54, 1.807) is 16.8 Å². The van der Waals surface area contributed by atoms with Crippen molar-refractivity contribution in [2.75, 3.05) is 19.6 Å². The molecule has 2 aromatic rings. The molecule has 2 atom stereocenters. The minimum absolute atomic E-state index is 0. The number of rotatable bonds is 5. The van der Waals surface area contributed by atoms with Gasteiger partial charge < -0.3 is 10.6 Å². The molecular weight excluding hydrogens is 355 g/mol. The highest BCUT2D eigenvalue weighted by molar-refractivity contribution is 5.85. The molecule has 0 unspecified atom stereocenters. The lowest BCUT2D eigenvalue weighted by atomic mass is 9.84. The van der Waals surface area contributed by atoms with Crippen molar-refractivity contribution >= 4 is 18.3 Å². The predicted molar refractivity (Wildman–Crippen MR) is 102 cm³/mol. The van der Waals surface area contributed by atoms with Gasteiger partial charge in [-0.25, -0.2) is 4.39 Å². The first kappa shape index (κ1) is 20.4. The molecule has 0 bridgehead atoms. The molecule has 1 saturated heterocycles. The summed E-state index contributed by atoms with van der Waals surface area (Å²) in [4.78, 5) is 12.7. The van der Waals surface area contributed by atoms with Gasteiger partial charge in [0.2, 0.25) is 5.91 Å². The fraction of sp³-hybridized carbons (Fsp3) is 0.474. The summed E-state index contributed by atoms with van der Waals surface area (Å²) in [5.41, 5.74) is 1.83. The summed E-state index contributed by atoms with van der Waals surface area (Å²) in [6.07, 6.45) is 3.81. The molecule has 1 amide bonds. The Hall–Kier alpha value is -1.92. The van der Waals surface area contributed by atoms with E-state index in [0.29, 0.717) is 13.1 Å². The van der Waals surface area contributed by atoms with Gasteiger partial charge in [-0.15, -0.1) is 12.4 Å². The fourth-order valence-corrected chi connectivity index (χ4v) is 3.38. The van der Waals surface area contributed by atoms with Crippen LogP contribution in [-0.4, -0.2) is 35.3 Å².